The van der Waals surface area contributed by atoms with E-state index >= 15 is 0 Å². The number of hydrogen-bond acceptors (Lipinski definition) is 6. The first kappa shape index (κ1) is 64.1. The Labute approximate surface area is 399 Å². The summed E-state index contributed by atoms with van der Waals surface area (Å²) in [5.74, 6) is 0. The molecular weight excluding hydrogens is 791 g/mol. The van der Waals surface area contributed by atoms with Crippen molar-refractivity contribution in [2.75, 3.05) is 25.1 Å². The van der Waals surface area contributed by atoms with Crippen LogP contribution in [0.3, 0.4) is 0 Å². The van der Waals surface area contributed by atoms with Crippen molar-refractivity contribution in [1.29, 1.82) is 0 Å². The molecule has 0 radical (unpaired) electrons. The molecule has 0 saturated heterocycles. The zero-order valence-electron chi connectivity index (χ0n) is 44.6. The molecule has 1 aromatic rings. The van der Waals surface area contributed by atoms with Crippen LogP contribution in [0.5, 0.6) is 0 Å². The van der Waals surface area contributed by atoms with Crippen LogP contribution in [-0.4, -0.2) is 38.7 Å². The van der Waals surface area contributed by atoms with E-state index < -0.39 is 0 Å². The van der Waals surface area contributed by atoms with Gasteiger partial charge in [0.25, 0.3) is 0 Å². The van der Waals surface area contributed by atoms with Crippen LogP contribution in [0.2, 0.25) is 0 Å². The summed E-state index contributed by atoms with van der Waals surface area (Å²) in [6.45, 7) is 18.8. The number of anilines is 1. The minimum atomic E-state index is -0.309. The van der Waals surface area contributed by atoms with Crippen LogP contribution in [-0.2, 0) is 14.3 Å². The van der Waals surface area contributed by atoms with Gasteiger partial charge in [-0.2, -0.15) is 0 Å². The highest BCUT2D eigenvalue weighted by molar-refractivity contribution is 5.57. The summed E-state index contributed by atoms with van der Waals surface area (Å²) in [4.78, 5) is 35.9. The largest absolute Gasteiger partial charge is 0.498 e. The maximum atomic E-state index is 11.9. The van der Waals surface area contributed by atoms with E-state index in [0.29, 0.717) is 29.9 Å². The van der Waals surface area contributed by atoms with E-state index in [1.807, 2.05) is 21.0 Å². The summed E-state index contributed by atoms with van der Waals surface area (Å²) in [5.41, 5.74) is 2.23. The number of rotatable bonds is 42. The van der Waals surface area contributed by atoms with Crippen LogP contribution in [0.25, 0.3) is 0 Å². The minimum absolute atomic E-state index is 0.297. The van der Waals surface area contributed by atoms with Crippen molar-refractivity contribution >= 4 is 12.0 Å². The maximum Gasteiger partial charge on any atom is 0.249 e. The summed E-state index contributed by atoms with van der Waals surface area (Å²) >= 11 is 0. The van der Waals surface area contributed by atoms with Gasteiger partial charge in [-0.3, -0.25) is 9.59 Å². The first-order chi connectivity index (χ1) is 31.3. The molecule has 0 N–H and O–H groups in total. The quantitative estimate of drug-likeness (QED) is 0.0282. The van der Waals surface area contributed by atoms with Crippen molar-refractivity contribution in [3.05, 3.63) is 37.8 Å². The van der Waals surface area contributed by atoms with Crippen LogP contribution < -0.4 is 15.8 Å². The van der Waals surface area contributed by atoms with Gasteiger partial charge < -0.3 is 19.2 Å². The molecule has 64 heavy (non-hydrogen) atoms. The van der Waals surface area contributed by atoms with E-state index in [0.717, 1.165) is 57.9 Å². The average Bonchev–Trinajstić information content (AvgIpc) is 3.30. The molecule has 1 aromatic carbocycles. The number of carbonyl (C=O) groups is 1. The third-order valence-corrected chi connectivity index (χ3v) is 13.0. The average molecular weight is 903 g/mol. The number of methoxy groups -OCH3 is 1. The Kier molecular flexibility index (Phi) is 50.6. The highest BCUT2D eigenvalue weighted by atomic mass is 16.5. The summed E-state index contributed by atoms with van der Waals surface area (Å²) < 4.78 is 11.6. The molecule has 1 unspecified atom stereocenters. The van der Waals surface area contributed by atoms with Crippen molar-refractivity contribution in [2.24, 2.45) is 0 Å². The van der Waals surface area contributed by atoms with Gasteiger partial charge in [-0.25, -0.2) is 0 Å². The fourth-order valence-corrected chi connectivity index (χ4v) is 8.48. The molecule has 0 amide bonds. The fraction of sp³-hybridized carbons (Fsp3) is 0.879. The van der Waals surface area contributed by atoms with Crippen molar-refractivity contribution in [3.63, 3.8) is 0 Å². The molecular formula is C58H111NO5. The lowest BCUT2D eigenvalue weighted by Crippen LogP contribution is -2.43. The molecule has 1 aliphatic carbocycles. The molecule has 0 bridgehead atoms. The highest BCUT2D eigenvalue weighted by Crippen LogP contribution is 2.26. The van der Waals surface area contributed by atoms with Gasteiger partial charge in [-0.05, 0) is 83.1 Å². The van der Waals surface area contributed by atoms with Gasteiger partial charge in [0, 0.05) is 32.2 Å². The minimum Gasteiger partial charge on any atom is -0.498 e. The van der Waals surface area contributed by atoms with E-state index in [2.05, 4.69) is 45.8 Å². The van der Waals surface area contributed by atoms with E-state index in [1.54, 1.807) is 6.92 Å². The molecule has 0 aromatic heterocycles. The first-order valence-electron chi connectivity index (χ1n) is 28.2. The molecule has 6 heteroatoms. The molecule has 1 saturated carbocycles. The van der Waals surface area contributed by atoms with Crippen LogP contribution >= 0.6 is 0 Å². The van der Waals surface area contributed by atoms with E-state index in [1.165, 1.54) is 205 Å². The maximum absolute atomic E-state index is 11.9. The predicted octanol–water partition coefficient (Wildman–Crippen LogP) is 17.8. The van der Waals surface area contributed by atoms with Gasteiger partial charge in [-0.15, -0.1) is 0 Å². The molecule has 0 heterocycles. The Morgan fingerprint density at radius 2 is 0.891 bits per heavy atom. The second-order valence-electron chi connectivity index (χ2n) is 18.8. The lowest BCUT2D eigenvalue weighted by Gasteiger charge is -2.27. The zero-order chi connectivity index (χ0) is 47.7. The number of carbonyl (C=O) groups excluding carboxylic acids is 1. The lowest BCUT2D eigenvalue weighted by atomic mass is 9.94. The normalized spacial score (nSPS) is 12.4. The molecule has 0 spiro atoms. The van der Waals surface area contributed by atoms with Gasteiger partial charge in [0.2, 0.25) is 10.9 Å². The summed E-state index contributed by atoms with van der Waals surface area (Å²) in [6.07, 6.45) is 52.6. The predicted molar refractivity (Wildman–Crippen MR) is 283 cm³/mol. The summed E-state index contributed by atoms with van der Waals surface area (Å²) in [7, 11) is 1.89. The highest BCUT2D eigenvalue weighted by Gasteiger charge is 2.22. The molecule has 378 valence electrons. The van der Waals surface area contributed by atoms with Gasteiger partial charge in [0.1, 0.15) is 6.29 Å². The molecule has 1 atom stereocenters. The van der Waals surface area contributed by atoms with Gasteiger partial charge in [0.05, 0.1) is 24.2 Å². The van der Waals surface area contributed by atoms with Crippen molar-refractivity contribution in [2.45, 2.75) is 312 Å². The zero-order valence-corrected chi connectivity index (χ0v) is 44.6. The SMILES string of the molecule is CC.CCCCCCCCC(CCC)OC=C1CCC1.CCCCCCCCC(CCCCCCCC)OC.CCCCCCCCN(CCCCCCCC=O)c1c(C)c(=O)c1=O. The third kappa shape index (κ3) is 37.2. The standard InChI is InChI=1S/C21H35NO3.C18H38O.C17H32O.C2H6/c1-3-4-5-6-9-12-15-22(19-18(2)20(24)21(19)25)16-13-10-7-8-11-14-17-23;1-4-6-8-10-12-14-16-18(19-3)17-15-13-11-9-7-5-2;1-3-5-6-7-8-9-14-17(11-4-2)18-15-16-12-10-13-16;1-2/h17H,3-16H2,1-2H3;18H,4-17H2,1-3H3;15,17H,3-14H2,1-2H3;1-2H3. The number of hydrogen-bond donors (Lipinski definition) is 0. The van der Waals surface area contributed by atoms with E-state index in [-0.39, 0.29) is 10.9 Å². The fourth-order valence-electron chi connectivity index (χ4n) is 8.48. The molecule has 6 nitrogen and oxygen atoms in total. The number of unbranched alkanes of at least 4 members (excludes halogenated alkanes) is 25. The van der Waals surface area contributed by atoms with Crippen LogP contribution in [0.15, 0.2) is 21.4 Å². The second kappa shape index (κ2) is 50.5. The molecule has 1 fully saturated rings. The first-order valence-corrected chi connectivity index (χ1v) is 28.2. The Bertz CT molecular complexity index is 1180. The van der Waals surface area contributed by atoms with Crippen LogP contribution in [0.1, 0.15) is 298 Å². The smallest absolute Gasteiger partial charge is 0.249 e. The van der Waals surface area contributed by atoms with Gasteiger partial charge >= 0.3 is 0 Å². The molecule has 1 aliphatic rings. The number of ether oxygens (including phenoxy) is 2. The Balaban J connectivity index is 0. The van der Waals surface area contributed by atoms with Gasteiger partial charge in [-0.1, -0.05) is 215 Å². The van der Waals surface area contributed by atoms with E-state index in [4.69, 9.17) is 9.47 Å². The molecule has 0 aliphatic heterocycles. The summed E-state index contributed by atoms with van der Waals surface area (Å²) in [6, 6.07) is 0. The topological polar surface area (TPSA) is 72.9 Å². The Hall–Kier alpha value is -1.95. The molecule has 2 rings (SSSR count). The van der Waals surface area contributed by atoms with Gasteiger partial charge in [0.15, 0.2) is 0 Å². The number of allylic oxidation sites excluding steroid dienone is 1. The van der Waals surface area contributed by atoms with E-state index in [9.17, 15) is 14.4 Å². The monoisotopic (exact) mass is 902 g/mol. The van der Waals surface area contributed by atoms with Crippen LogP contribution in [0, 0.1) is 6.92 Å². The van der Waals surface area contributed by atoms with Crippen LogP contribution in [0.4, 0.5) is 5.69 Å². The third-order valence-electron chi connectivity index (χ3n) is 13.0. The lowest BCUT2D eigenvalue weighted by molar-refractivity contribution is -0.107. The number of nitrogens with zero attached hydrogens (tertiary/aromatic N) is 1. The Morgan fingerprint density at radius 3 is 1.25 bits per heavy atom. The summed E-state index contributed by atoms with van der Waals surface area (Å²) in [5, 5.41) is 0. The second-order valence-corrected chi connectivity index (χ2v) is 18.8. The Morgan fingerprint density at radius 1 is 0.500 bits per heavy atom. The van der Waals surface area contributed by atoms with Crippen molar-refractivity contribution in [3.8, 4) is 0 Å². The van der Waals surface area contributed by atoms with Crippen molar-refractivity contribution in [1.82, 2.24) is 0 Å². The van der Waals surface area contributed by atoms with Crippen molar-refractivity contribution < 1.29 is 14.3 Å². The number of aldehydes is 1.